The third-order valence-corrected chi connectivity index (χ3v) is 5.55. The van der Waals surface area contributed by atoms with Crippen molar-refractivity contribution in [1.82, 2.24) is 0 Å². The van der Waals surface area contributed by atoms with Gasteiger partial charge < -0.3 is 0 Å². The van der Waals surface area contributed by atoms with E-state index in [2.05, 4.69) is 19.1 Å². The molecule has 0 atom stereocenters. The van der Waals surface area contributed by atoms with Gasteiger partial charge in [0, 0.05) is 0 Å². The van der Waals surface area contributed by atoms with E-state index in [1.54, 1.807) is 6.07 Å². The zero-order valence-electron chi connectivity index (χ0n) is 13.9. The number of hydrogen-bond donors (Lipinski definition) is 0. The first-order chi connectivity index (χ1) is 10.7. The van der Waals surface area contributed by atoms with E-state index in [-0.39, 0.29) is 5.92 Å². The van der Waals surface area contributed by atoms with Gasteiger partial charge in [0.1, 0.15) is 6.07 Å². The summed E-state index contributed by atoms with van der Waals surface area (Å²) in [6.45, 7) is 2.29. The first kappa shape index (κ1) is 17.3. The fraction of sp³-hybridized carbons (Fsp3) is 0.750. The average molecular weight is 303 g/mol. The minimum Gasteiger partial charge on any atom is -0.195 e. The first-order valence-electron chi connectivity index (χ1n) is 9.17. The quantitative estimate of drug-likeness (QED) is 0.430. The Morgan fingerprint density at radius 1 is 0.955 bits per heavy atom. The predicted molar refractivity (Wildman–Crippen MR) is 89.7 cm³/mol. The van der Waals surface area contributed by atoms with E-state index in [4.69, 9.17) is 5.26 Å². The molecule has 2 saturated carbocycles. The van der Waals surface area contributed by atoms with Gasteiger partial charge in [0.05, 0.1) is 0 Å². The Morgan fingerprint density at radius 2 is 1.45 bits per heavy atom. The summed E-state index contributed by atoms with van der Waals surface area (Å²) in [5.74, 6) is 2.11. The molecule has 0 N–H and O–H groups in total. The molecule has 0 spiro atoms. The van der Waals surface area contributed by atoms with E-state index in [1.807, 2.05) is 0 Å². The number of allylic oxidation sites excluding steroid dienone is 4. The van der Waals surface area contributed by atoms with Crippen molar-refractivity contribution in [2.45, 2.75) is 71.1 Å². The minimum absolute atomic E-state index is 0.272. The summed E-state index contributed by atoms with van der Waals surface area (Å²) in [5, 5.41) is 8.49. The predicted octanol–water partition coefficient (Wildman–Crippen LogP) is 6.33. The van der Waals surface area contributed by atoms with E-state index in [0.717, 1.165) is 37.5 Å². The summed E-state index contributed by atoms with van der Waals surface area (Å²) in [6, 6.07) is 1.58. The van der Waals surface area contributed by atoms with Gasteiger partial charge in [0.15, 0.2) is 5.83 Å². The van der Waals surface area contributed by atoms with Crippen LogP contribution in [0.3, 0.4) is 0 Å². The molecule has 2 heteroatoms. The molecule has 0 heterocycles. The maximum Gasteiger partial charge on any atom is 0.196 e. The summed E-state index contributed by atoms with van der Waals surface area (Å²) < 4.78 is 13.0. The number of hydrogen-bond acceptors (Lipinski definition) is 1. The topological polar surface area (TPSA) is 23.8 Å². The summed E-state index contributed by atoms with van der Waals surface area (Å²) in [4.78, 5) is 0. The molecule has 0 unspecified atom stereocenters. The molecule has 0 aromatic heterocycles. The van der Waals surface area contributed by atoms with Gasteiger partial charge in [0.2, 0.25) is 0 Å². The molecule has 0 aromatic carbocycles. The molecule has 0 bridgehead atoms. The number of nitriles is 1. The monoisotopic (exact) mass is 303 g/mol. The zero-order valence-corrected chi connectivity index (χ0v) is 13.9. The lowest BCUT2D eigenvalue weighted by molar-refractivity contribution is 0.292. The van der Waals surface area contributed by atoms with Crippen molar-refractivity contribution in [3.8, 4) is 6.07 Å². The molecule has 22 heavy (non-hydrogen) atoms. The minimum atomic E-state index is -0.608. The Balaban J connectivity index is 1.69. The van der Waals surface area contributed by atoms with Crippen LogP contribution in [0.15, 0.2) is 24.1 Å². The van der Waals surface area contributed by atoms with Crippen LogP contribution in [0.1, 0.15) is 71.1 Å². The molecule has 2 fully saturated rings. The summed E-state index contributed by atoms with van der Waals surface area (Å²) in [7, 11) is 0. The molecule has 2 aliphatic carbocycles. The van der Waals surface area contributed by atoms with E-state index >= 15 is 0 Å². The summed E-state index contributed by atoms with van der Waals surface area (Å²) in [6.07, 6.45) is 19.0. The van der Waals surface area contributed by atoms with Gasteiger partial charge in [0.25, 0.3) is 0 Å². The van der Waals surface area contributed by atoms with Crippen LogP contribution in [-0.4, -0.2) is 0 Å². The van der Waals surface area contributed by atoms with Crippen molar-refractivity contribution >= 4 is 0 Å². The lowest BCUT2D eigenvalue weighted by Crippen LogP contribution is -2.14. The van der Waals surface area contributed by atoms with E-state index in [9.17, 15) is 4.39 Å². The zero-order chi connectivity index (χ0) is 15.8. The molecule has 2 rings (SSSR count). The van der Waals surface area contributed by atoms with E-state index in [0.29, 0.717) is 5.92 Å². The van der Waals surface area contributed by atoms with Crippen molar-refractivity contribution in [2.75, 3.05) is 0 Å². The maximum absolute atomic E-state index is 13.0. The average Bonchev–Trinajstić information content (AvgIpc) is 2.56. The molecule has 0 radical (unpaired) electrons. The molecule has 122 valence electrons. The highest BCUT2D eigenvalue weighted by molar-refractivity contribution is 5.13. The Kier molecular flexibility index (Phi) is 7.16. The highest BCUT2D eigenvalue weighted by Crippen LogP contribution is 2.34. The van der Waals surface area contributed by atoms with Crippen LogP contribution in [0, 0.1) is 35.0 Å². The van der Waals surface area contributed by atoms with Crippen molar-refractivity contribution in [1.29, 1.82) is 5.26 Å². The Morgan fingerprint density at radius 3 is 1.95 bits per heavy atom. The van der Waals surface area contributed by atoms with Crippen molar-refractivity contribution < 1.29 is 4.39 Å². The second kappa shape index (κ2) is 9.13. The van der Waals surface area contributed by atoms with Crippen molar-refractivity contribution in [2.24, 2.45) is 23.7 Å². The maximum atomic E-state index is 13.0. The molecule has 0 saturated heterocycles. The van der Waals surface area contributed by atoms with Gasteiger partial charge in [-0.25, -0.2) is 0 Å². The van der Waals surface area contributed by atoms with Crippen LogP contribution in [0.25, 0.3) is 0 Å². The van der Waals surface area contributed by atoms with Gasteiger partial charge in [-0.15, -0.1) is 0 Å². The highest BCUT2D eigenvalue weighted by Gasteiger charge is 2.21. The number of halogens is 1. The van der Waals surface area contributed by atoms with Crippen LogP contribution in [-0.2, 0) is 0 Å². The molecule has 1 nitrogen and oxygen atoms in total. The second-order valence-electron chi connectivity index (χ2n) is 7.26. The Bertz CT molecular complexity index is 415. The smallest absolute Gasteiger partial charge is 0.195 e. The van der Waals surface area contributed by atoms with Crippen LogP contribution in [0.4, 0.5) is 4.39 Å². The van der Waals surface area contributed by atoms with Crippen molar-refractivity contribution in [3.05, 3.63) is 24.1 Å². The largest absolute Gasteiger partial charge is 0.196 e. The SMILES string of the molecule is CCC[C@H]1CC[C@H](C=C[C@H]2CC[C@H](C=C(F)C#N)CC2)CC1. The van der Waals surface area contributed by atoms with Crippen molar-refractivity contribution in [3.63, 3.8) is 0 Å². The van der Waals surface area contributed by atoms with Gasteiger partial charge in [-0.3, -0.25) is 0 Å². The molecule has 2 aliphatic rings. The van der Waals surface area contributed by atoms with Crippen LogP contribution >= 0.6 is 0 Å². The standard InChI is InChI=1S/C20H30FN/c1-2-3-16-4-6-17(7-5-16)8-9-18-10-12-19(13-11-18)14-20(21)15-22/h8-9,14,16-19H,2-7,10-13H2,1H3/t16-,17-,18-,19-. The number of nitrogens with zero attached hydrogens (tertiary/aromatic N) is 1. The van der Waals surface area contributed by atoms with Crippen LogP contribution in [0.5, 0.6) is 0 Å². The fourth-order valence-corrected chi connectivity index (χ4v) is 4.14. The molecular weight excluding hydrogens is 273 g/mol. The molecular formula is C20H30FN. The first-order valence-corrected chi connectivity index (χ1v) is 9.17. The summed E-state index contributed by atoms with van der Waals surface area (Å²) >= 11 is 0. The molecule has 0 aromatic rings. The molecule has 0 amide bonds. The van der Waals surface area contributed by atoms with Crippen LogP contribution < -0.4 is 0 Å². The Labute approximate surface area is 135 Å². The summed E-state index contributed by atoms with van der Waals surface area (Å²) in [5.41, 5.74) is 0. The second-order valence-corrected chi connectivity index (χ2v) is 7.26. The van der Waals surface area contributed by atoms with Gasteiger partial charge >= 0.3 is 0 Å². The normalized spacial score (nSPS) is 33.8. The third-order valence-electron chi connectivity index (χ3n) is 5.55. The fourth-order valence-electron chi connectivity index (χ4n) is 4.14. The lowest BCUT2D eigenvalue weighted by Gasteiger charge is -2.28. The number of rotatable bonds is 5. The van der Waals surface area contributed by atoms with Gasteiger partial charge in [-0.1, -0.05) is 31.9 Å². The third kappa shape index (κ3) is 5.59. The molecule has 0 aliphatic heterocycles. The van der Waals surface area contributed by atoms with E-state index < -0.39 is 5.83 Å². The lowest BCUT2D eigenvalue weighted by atomic mass is 9.78. The Hall–Kier alpha value is -1.10. The van der Waals surface area contributed by atoms with Gasteiger partial charge in [-0.2, -0.15) is 9.65 Å². The van der Waals surface area contributed by atoms with E-state index in [1.165, 1.54) is 44.6 Å². The van der Waals surface area contributed by atoms with Crippen LogP contribution in [0.2, 0.25) is 0 Å². The highest BCUT2D eigenvalue weighted by atomic mass is 19.1. The van der Waals surface area contributed by atoms with Gasteiger partial charge in [-0.05, 0) is 81.1 Å².